The molecule has 0 unspecified atom stereocenters. The van der Waals surface area contributed by atoms with Crippen molar-refractivity contribution in [1.82, 2.24) is 4.90 Å². The zero-order valence-corrected chi connectivity index (χ0v) is 17.0. The number of quaternary nitrogens is 1. The Morgan fingerprint density at radius 1 is 1.04 bits per heavy atom. The molecule has 1 aliphatic heterocycles. The van der Waals surface area contributed by atoms with Crippen molar-refractivity contribution in [2.24, 2.45) is 0 Å². The van der Waals surface area contributed by atoms with Crippen LogP contribution in [0.15, 0.2) is 66.7 Å². The Balaban J connectivity index is 1.34. The summed E-state index contributed by atoms with van der Waals surface area (Å²) in [6.45, 7) is 5.17. The first-order valence-electron chi connectivity index (χ1n) is 9.73. The van der Waals surface area contributed by atoms with Crippen LogP contribution in [0.3, 0.4) is 0 Å². The van der Waals surface area contributed by atoms with E-state index in [4.69, 9.17) is 17.0 Å². The van der Waals surface area contributed by atoms with E-state index in [1.807, 2.05) is 24.3 Å². The molecule has 0 aromatic heterocycles. The summed E-state index contributed by atoms with van der Waals surface area (Å²) in [4.78, 5) is 3.87. The molecule has 0 atom stereocenters. The molecule has 0 radical (unpaired) electrons. The zero-order chi connectivity index (χ0) is 19.3. The molecule has 0 saturated carbocycles. The number of ether oxygens (including phenoxy) is 1. The minimum absolute atomic E-state index is 0.789. The summed E-state index contributed by atoms with van der Waals surface area (Å²) in [5.41, 5.74) is 2.40. The molecule has 4 nitrogen and oxygen atoms in total. The Labute approximate surface area is 171 Å². The van der Waals surface area contributed by atoms with Gasteiger partial charge in [0, 0.05) is 17.3 Å². The monoisotopic (exact) mass is 392 g/mol. The molecule has 0 bridgehead atoms. The molecule has 0 aliphatic carbocycles. The summed E-state index contributed by atoms with van der Waals surface area (Å²) in [6.07, 6.45) is 0. The van der Waals surface area contributed by atoms with Gasteiger partial charge in [-0.2, -0.15) is 0 Å². The van der Waals surface area contributed by atoms with E-state index in [0.717, 1.165) is 49.3 Å². The third-order valence-corrected chi connectivity index (χ3v) is 5.76. The molecule has 0 amide bonds. The van der Waals surface area contributed by atoms with Crippen LogP contribution < -0.4 is 15.0 Å². The standard InChI is InChI=1S/C23H25N3OS/c1-27-21-10-5-9-20(16-21)24-23(28)26-14-12-25(13-15-26)17-19-8-4-7-18-6-2-3-11-22(18)19/h2-11,16H,12-15,17H2,1H3,(H,24,28)/p+1. The molecule has 0 spiro atoms. The third-order valence-electron chi connectivity index (χ3n) is 5.40. The van der Waals surface area contributed by atoms with E-state index in [1.165, 1.54) is 16.3 Å². The molecule has 4 rings (SSSR count). The van der Waals surface area contributed by atoms with E-state index >= 15 is 0 Å². The maximum absolute atomic E-state index is 5.63. The second kappa shape index (κ2) is 8.59. The molecule has 5 heteroatoms. The summed E-state index contributed by atoms with van der Waals surface area (Å²) in [7, 11) is 1.68. The molecule has 1 heterocycles. The average molecular weight is 393 g/mol. The molecular formula is C23H26N3OS+. The smallest absolute Gasteiger partial charge is 0.173 e. The number of nitrogens with one attached hydrogen (secondary N) is 2. The summed E-state index contributed by atoms with van der Waals surface area (Å²) >= 11 is 5.63. The highest BCUT2D eigenvalue weighted by Crippen LogP contribution is 2.18. The lowest BCUT2D eigenvalue weighted by Gasteiger charge is -2.34. The van der Waals surface area contributed by atoms with Gasteiger partial charge in [0.2, 0.25) is 0 Å². The molecule has 1 fully saturated rings. The molecule has 28 heavy (non-hydrogen) atoms. The number of fused-ring (bicyclic) bond motifs is 1. The molecule has 3 aromatic rings. The maximum Gasteiger partial charge on any atom is 0.173 e. The van der Waals surface area contributed by atoms with Gasteiger partial charge in [0.05, 0.1) is 33.3 Å². The number of thiocarbonyl (C=S) groups is 1. The second-order valence-corrected chi connectivity index (χ2v) is 7.60. The highest BCUT2D eigenvalue weighted by Gasteiger charge is 2.22. The first-order valence-corrected chi connectivity index (χ1v) is 10.1. The van der Waals surface area contributed by atoms with Crippen LogP contribution >= 0.6 is 12.2 Å². The lowest BCUT2D eigenvalue weighted by molar-refractivity contribution is -0.917. The van der Waals surface area contributed by atoms with E-state index < -0.39 is 0 Å². The SMILES string of the molecule is COc1cccc(NC(=S)N2CC[NH+](Cc3cccc4ccccc34)CC2)c1. The van der Waals surface area contributed by atoms with Crippen LogP contribution in [-0.4, -0.2) is 43.3 Å². The quantitative estimate of drug-likeness (QED) is 0.668. The highest BCUT2D eigenvalue weighted by atomic mass is 32.1. The highest BCUT2D eigenvalue weighted by molar-refractivity contribution is 7.80. The number of nitrogens with zero attached hydrogens (tertiary/aromatic N) is 1. The Morgan fingerprint density at radius 2 is 1.79 bits per heavy atom. The van der Waals surface area contributed by atoms with Crippen molar-refractivity contribution in [2.45, 2.75) is 6.54 Å². The van der Waals surface area contributed by atoms with E-state index in [-0.39, 0.29) is 0 Å². The topological polar surface area (TPSA) is 28.9 Å². The number of anilines is 1. The van der Waals surface area contributed by atoms with Crippen molar-refractivity contribution < 1.29 is 9.64 Å². The van der Waals surface area contributed by atoms with Crippen molar-refractivity contribution in [3.05, 3.63) is 72.3 Å². The van der Waals surface area contributed by atoms with E-state index in [2.05, 4.69) is 52.7 Å². The number of rotatable bonds is 4. The fraction of sp³-hybridized carbons (Fsp3) is 0.261. The van der Waals surface area contributed by atoms with Gasteiger partial charge < -0.3 is 19.9 Å². The Kier molecular flexibility index (Phi) is 5.74. The van der Waals surface area contributed by atoms with Crippen LogP contribution in [0.2, 0.25) is 0 Å². The predicted molar refractivity (Wildman–Crippen MR) is 119 cm³/mol. The average Bonchev–Trinajstić information content (AvgIpc) is 2.74. The predicted octanol–water partition coefficient (Wildman–Crippen LogP) is 2.95. The normalized spacial score (nSPS) is 14.8. The van der Waals surface area contributed by atoms with Crippen molar-refractivity contribution in [2.75, 3.05) is 38.6 Å². The van der Waals surface area contributed by atoms with Gasteiger partial charge in [0.15, 0.2) is 5.11 Å². The summed E-state index contributed by atoms with van der Waals surface area (Å²) < 4.78 is 5.28. The number of benzene rings is 3. The van der Waals surface area contributed by atoms with Gasteiger partial charge in [0.1, 0.15) is 12.3 Å². The number of hydrogen-bond acceptors (Lipinski definition) is 2. The summed E-state index contributed by atoms with van der Waals surface area (Å²) in [6, 6.07) is 23.1. The maximum atomic E-state index is 5.63. The van der Waals surface area contributed by atoms with Crippen LogP contribution in [0.25, 0.3) is 10.8 Å². The lowest BCUT2D eigenvalue weighted by atomic mass is 10.0. The molecule has 1 aliphatic rings. The van der Waals surface area contributed by atoms with Crippen LogP contribution in [0.5, 0.6) is 5.75 Å². The fourth-order valence-corrected chi connectivity index (χ4v) is 4.12. The van der Waals surface area contributed by atoms with Crippen LogP contribution in [0.1, 0.15) is 5.56 Å². The molecule has 2 N–H and O–H groups in total. The van der Waals surface area contributed by atoms with Gasteiger partial charge in [-0.15, -0.1) is 0 Å². The van der Waals surface area contributed by atoms with Gasteiger partial charge >= 0.3 is 0 Å². The Morgan fingerprint density at radius 3 is 2.61 bits per heavy atom. The van der Waals surface area contributed by atoms with Crippen molar-refractivity contribution in [1.29, 1.82) is 0 Å². The fourth-order valence-electron chi connectivity index (χ4n) is 3.82. The molecule has 144 valence electrons. The van der Waals surface area contributed by atoms with Gasteiger partial charge in [0.25, 0.3) is 0 Å². The number of hydrogen-bond donors (Lipinski definition) is 2. The minimum Gasteiger partial charge on any atom is -0.497 e. The van der Waals surface area contributed by atoms with Crippen molar-refractivity contribution in [3.8, 4) is 5.75 Å². The van der Waals surface area contributed by atoms with Crippen LogP contribution in [0, 0.1) is 0 Å². The Bertz CT molecular complexity index is 961. The largest absolute Gasteiger partial charge is 0.497 e. The molecule has 3 aromatic carbocycles. The lowest BCUT2D eigenvalue weighted by Crippen LogP contribution is -3.13. The third kappa shape index (κ3) is 4.26. The first-order chi connectivity index (χ1) is 13.7. The van der Waals surface area contributed by atoms with Gasteiger partial charge in [-0.25, -0.2) is 0 Å². The van der Waals surface area contributed by atoms with Crippen molar-refractivity contribution >= 4 is 33.8 Å². The van der Waals surface area contributed by atoms with Crippen molar-refractivity contribution in [3.63, 3.8) is 0 Å². The number of methoxy groups -OCH3 is 1. The van der Waals surface area contributed by atoms with Gasteiger partial charge in [-0.05, 0) is 35.1 Å². The van der Waals surface area contributed by atoms with Gasteiger partial charge in [-0.1, -0.05) is 48.5 Å². The molecular weight excluding hydrogens is 366 g/mol. The van der Waals surface area contributed by atoms with E-state index in [0.29, 0.717) is 0 Å². The van der Waals surface area contributed by atoms with E-state index in [1.54, 1.807) is 12.0 Å². The summed E-state index contributed by atoms with van der Waals surface area (Å²) in [5.74, 6) is 0.831. The first kappa shape index (κ1) is 18.7. The zero-order valence-electron chi connectivity index (χ0n) is 16.2. The summed E-state index contributed by atoms with van der Waals surface area (Å²) in [5, 5.41) is 6.82. The van der Waals surface area contributed by atoms with Gasteiger partial charge in [-0.3, -0.25) is 0 Å². The minimum atomic E-state index is 0.789. The van der Waals surface area contributed by atoms with Crippen LogP contribution in [0.4, 0.5) is 5.69 Å². The number of piperazine rings is 1. The Hall–Kier alpha value is -2.63. The molecule has 1 saturated heterocycles. The van der Waals surface area contributed by atoms with Crippen LogP contribution in [-0.2, 0) is 6.54 Å². The van der Waals surface area contributed by atoms with E-state index in [9.17, 15) is 0 Å². The second-order valence-electron chi connectivity index (χ2n) is 7.21.